The zero-order chi connectivity index (χ0) is 62.4. The number of hydrogen-bond acceptors (Lipinski definition) is 16. The summed E-state index contributed by atoms with van der Waals surface area (Å²) in [6.45, 7) is 9.10. The molecule has 1 saturated heterocycles. The maximum absolute atomic E-state index is 13.3. The molecule has 5 aliphatic rings. The van der Waals surface area contributed by atoms with Gasteiger partial charge in [-0.05, 0) is 115 Å². The number of amides is 3. The second-order valence-corrected chi connectivity index (χ2v) is 24.0. The quantitative estimate of drug-likeness (QED) is 0.0286. The molecule has 11 rings (SSSR count). The molecule has 0 aromatic heterocycles. The third-order valence-electron chi connectivity index (χ3n) is 16.4. The predicted molar refractivity (Wildman–Crippen MR) is 319 cm³/mol. The van der Waals surface area contributed by atoms with E-state index in [0.29, 0.717) is 79.4 Å². The molecule has 0 unspecified atom stereocenters. The number of imide groups is 1. The fraction of sp³-hybridized carbons (Fsp3) is 0.344. The van der Waals surface area contributed by atoms with E-state index in [9.17, 15) is 49.2 Å². The molecule has 18 nitrogen and oxygen atoms in total. The average Bonchev–Trinajstić information content (AvgIpc) is 1.40. The molecule has 0 radical (unpaired) electrons. The highest BCUT2D eigenvalue weighted by molar-refractivity contribution is 6.35. The largest absolute Gasteiger partial charge is 0.506 e. The standard InChI is InChI=1S/C30H29Cl2NO6.C28H19Cl2NO8.C6H15NO/c1-29(2)23-18(9-11-21(35)25(23)31)30(19-10-12-22(36)26(32)24(19)29)20-15-16(7-8-17(20)28(38)39-30)27(37)33-13-5-3-4-6-14-34;1-27(2)21-14(5-7-17(32)23(21)29)28(15-6-8-18(33)24(30)22(15)27)16-11-12(3-4-13(16)26(37)38-28)25(36)39-31-19(34)9-10-20(31)35;7-5-3-1-2-4-6-8/h7-12,15,34-36H,3-6,13-14H2,1-2H3,(H,33,37);3-8,11,32-33H,9-10H2,1-2H3;8H,1-7H2. The number of unbranched alkanes of at least 4 members (excludes halogenated alkanes) is 6. The number of esters is 2. The molecular formula is C64H63Cl4N3O15. The molecule has 22 heteroatoms. The van der Waals surface area contributed by atoms with Gasteiger partial charge in [0.05, 0.1) is 36.8 Å². The van der Waals surface area contributed by atoms with Gasteiger partial charge in [0.25, 0.3) is 17.7 Å². The first kappa shape index (κ1) is 63.1. The number of nitrogens with two attached hydrogens (primary N) is 1. The van der Waals surface area contributed by atoms with E-state index in [4.69, 9.17) is 76.7 Å². The van der Waals surface area contributed by atoms with Crippen LogP contribution in [0.5, 0.6) is 23.0 Å². The number of halogens is 4. The number of fused-ring (bicyclic) bond motifs is 12. The van der Waals surface area contributed by atoms with Gasteiger partial charge < -0.3 is 56.0 Å². The number of aliphatic hydroxyl groups is 2. The number of hydroxylamine groups is 2. The van der Waals surface area contributed by atoms with E-state index >= 15 is 0 Å². The second-order valence-electron chi connectivity index (χ2n) is 22.5. The minimum absolute atomic E-state index is 0.00746. The van der Waals surface area contributed by atoms with Gasteiger partial charge in [0.2, 0.25) is 0 Å². The Labute approximate surface area is 515 Å². The number of carbonyl (C=O) groups excluding carboxylic acids is 6. The summed E-state index contributed by atoms with van der Waals surface area (Å²) in [7, 11) is 0. The van der Waals surface area contributed by atoms with Gasteiger partial charge >= 0.3 is 17.9 Å². The zero-order valence-corrected chi connectivity index (χ0v) is 50.4. The number of aliphatic hydroxyl groups excluding tert-OH is 2. The number of carbonyl (C=O) groups is 6. The normalized spacial score (nSPS) is 16.3. The van der Waals surface area contributed by atoms with Gasteiger partial charge in [-0.2, -0.15) is 0 Å². The van der Waals surface area contributed by atoms with Crippen molar-refractivity contribution in [1.82, 2.24) is 10.4 Å². The molecule has 0 saturated carbocycles. The summed E-state index contributed by atoms with van der Waals surface area (Å²) in [6, 6.07) is 21.1. The number of aromatic hydroxyl groups is 4. The summed E-state index contributed by atoms with van der Waals surface area (Å²) in [6.07, 6.45) is 7.48. The van der Waals surface area contributed by atoms with Crippen molar-refractivity contribution in [3.63, 3.8) is 0 Å². The molecule has 2 spiro atoms. The highest BCUT2D eigenvalue weighted by Crippen LogP contribution is 2.63. The Morgan fingerprint density at radius 2 is 0.884 bits per heavy atom. The van der Waals surface area contributed by atoms with Crippen LogP contribution in [0.3, 0.4) is 0 Å². The smallest absolute Gasteiger partial charge is 0.363 e. The Hall–Kier alpha value is -7.42. The van der Waals surface area contributed by atoms with Gasteiger partial charge in [0.15, 0.2) is 11.2 Å². The fourth-order valence-corrected chi connectivity index (χ4v) is 13.9. The molecule has 452 valence electrons. The Bertz CT molecular complexity index is 3630. The first-order valence-electron chi connectivity index (χ1n) is 28.0. The lowest BCUT2D eigenvalue weighted by atomic mass is 9.61. The highest BCUT2D eigenvalue weighted by atomic mass is 35.5. The van der Waals surface area contributed by atoms with Gasteiger partial charge in [-0.25, -0.2) is 14.4 Å². The van der Waals surface area contributed by atoms with Crippen LogP contribution in [0.2, 0.25) is 20.1 Å². The third-order valence-corrected chi connectivity index (χ3v) is 17.9. The summed E-state index contributed by atoms with van der Waals surface area (Å²) in [5, 5.41) is 62.9. The molecule has 6 aromatic rings. The number of hydrogen-bond donors (Lipinski definition) is 8. The van der Waals surface area contributed by atoms with Crippen LogP contribution < -0.4 is 11.1 Å². The number of nitrogens with one attached hydrogen (secondary N) is 1. The van der Waals surface area contributed by atoms with Gasteiger partial charge in [-0.3, -0.25) is 14.4 Å². The third kappa shape index (κ3) is 10.7. The van der Waals surface area contributed by atoms with Crippen LogP contribution in [0.1, 0.15) is 189 Å². The molecule has 6 aromatic carbocycles. The lowest BCUT2D eigenvalue weighted by Crippen LogP contribution is -2.42. The Balaban J connectivity index is 0.000000182. The van der Waals surface area contributed by atoms with Gasteiger partial charge in [-0.1, -0.05) is 124 Å². The van der Waals surface area contributed by atoms with E-state index in [1.54, 1.807) is 42.5 Å². The molecule has 9 N–H and O–H groups in total. The first-order chi connectivity index (χ1) is 40.9. The number of phenols is 4. The second kappa shape index (κ2) is 24.8. The number of rotatable bonds is 14. The number of nitrogens with zero attached hydrogens (tertiary/aromatic N) is 1. The van der Waals surface area contributed by atoms with Crippen molar-refractivity contribution in [1.29, 1.82) is 0 Å². The maximum Gasteiger partial charge on any atom is 0.363 e. The van der Waals surface area contributed by atoms with Crippen LogP contribution in [0.15, 0.2) is 84.9 Å². The SMILES string of the molecule is CC1(C)c2c(ccc(O)c2Cl)C2(OC(=O)c3ccc(C(=O)NCCCCCCO)cc32)c2ccc(O)c(Cl)c21.CC1(C)c2c(ccc(O)c2Cl)C2(OC(=O)c3ccc(C(=O)ON4C(=O)CCC4=O)cc32)c2ccc(O)c(Cl)c21.NCCCCCCO. The van der Waals surface area contributed by atoms with Crippen LogP contribution in [0.4, 0.5) is 0 Å². The van der Waals surface area contributed by atoms with Gasteiger partial charge in [0, 0.05) is 82.4 Å². The monoisotopic (exact) mass is 1250 g/mol. The Morgan fingerprint density at radius 3 is 1.27 bits per heavy atom. The first-order valence-corrected chi connectivity index (χ1v) is 29.5. The van der Waals surface area contributed by atoms with Crippen LogP contribution in [-0.2, 0) is 45.9 Å². The number of benzene rings is 6. The molecule has 86 heavy (non-hydrogen) atoms. The van der Waals surface area contributed by atoms with Crippen molar-refractivity contribution in [2.45, 2.75) is 114 Å². The molecule has 0 bridgehead atoms. The summed E-state index contributed by atoms with van der Waals surface area (Å²) in [5.74, 6) is -4.52. The summed E-state index contributed by atoms with van der Waals surface area (Å²) >= 11 is 26.7. The summed E-state index contributed by atoms with van der Waals surface area (Å²) in [4.78, 5) is 81.7. The highest BCUT2D eigenvalue weighted by Gasteiger charge is 2.59. The van der Waals surface area contributed by atoms with Crippen LogP contribution in [0.25, 0.3) is 0 Å². The van der Waals surface area contributed by atoms with Crippen molar-refractivity contribution in [2.75, 3.05) is 26.3 Å². The van der Waals surface area contributed by atoms with Crippen LogP contribution in [-0.4, -0.2) is 97.6 Å². The topological polar surface area (TPSA) is 293 Å². The van der Waals surface area contributed by atoms with Gasteiger partial charge in [0.1, 0.15) is 23.0 Å². The predicted octanol–water partition coefficient (Wildman–Crippen LogP) is 11.0. The zero-order valence-electron chi connectivity index (χ0n) is 47.4. The summed E-state index contributed by atoms with van der Waals surface area (Å²) in [5.41, 5.74) is 5.39. The summed E-state index contributed by atoms with van der Waals surface area (Å²) < 4.78 is 12.3. The molecule has 3 aliphatic heterocycles. The average molecular weight is 1260 g/mol. The van der Waals surface area contributed by atoms with Crippen molar-refractivity contribution in [3.05, 3.63) is 183 Å². The van der Waals surface area contributed by atoms with E-state index < -0.39 is 51.8 Å². The van der Waals surface area contributed by atoms with Crippen molar-refractivity contribution in [2.24, 2.45) is 5.73 Å². The van der Waals surface area contributed by atoms with Crippen molar-refractivity contribution in [3.8, 4) is 23.0 Å². The van der Waals surface area contributed by atoms with E-state index in [1.165, 1.54) is 42.5 Å². The van der Waals surface area contributed by atoms with Crippen LogP contribution in [0, 0.1) is 0 Å². The molecule has 3 amide bonds. The lowest BCUT2D eigenvalue weighted by Gasteiger charge is -2.45. The molecule has 1 fully saturated rings. The van der Waals surface area contributed by atoms with E-state index in [0.717, 1.165) is 57.9 Å². The molecular weight excluding hydrogens is 1190 g/mol. The van der Waals surface area contributed by atoms with E-state index in [1.807, 2.05) is 27.7 Å². The van der Waals surface area contributed by atoms with Crippen LogP contribution >= 0.6 is 46.4 Å². The Kier molecular flexibility index (Phi) is 18.2. The number of ether oxygens (including phenoxy) is 2. The molecule has 3 heterocycles. The lowest BCUT2D eigenvalue weighted by molar-refractivity contribution is -0.172. The van der Waals surface area contributed by atoms with E-state index in [-0.39, 0.29) is 85.1 Å². The van der Waals surface area contributed by atoms with E-state index in [2.05, 4.69) is 5.32 Å². The number of phenolic OH excluding ortho intramolecular Hbond substituents is 4. The minimum Gasteiger partial charge on any atom is -0.506 e. The maximum atomic E-state index is 13.3. The van der Waals surface area contributed by atoms with Crippen molar-refractivity contribution >= 4 is 82.0 Å². The van der Waals surface area contributed by atoms with Gasteiger partial charge in [-0.15, -0.1) is 5.06 Å². The molecule has 0 atom stereocenters. The Morgan fingerprint density at radius 1 is 0.523 bits per heavy atom. The minimum atomic E-state index is -1.67. The fourth-order valence-electron chi connectivity index (χ4n) is 12.3. The molecule has 2 aliphatic carbocycles. The van der Waals surface area contributed by atoms with Crippen molar-refractivity contribution < 1.29 is 73.7 Å².